The molecule has 1 aromatic carbocycles. The van der Waals surface area contributed by atoms with Crippen LogP contribution in [0.3, 0.4) is 0 Å². The molecule has 4 aromatic rings. The van der Waals surface area contributed by atoms with Gasteiger partial charge in [-0.25, -0.2) is 0 Å². The van der Waals surface area contributed by atoms with Gasteiger partial charge < -0.3 is 0 Å². The van der Waals surface area contributed by atoms with Crippen molar-refractivity contribution in [1.29, 1.82) is 0 Å². The average molecular weight is 384 g/mol. The molecule has 9 heteroatoms. The number of carbonyl (C=O) groups is 1. The third-order valence-corrected chi connectivity index (χ3v) is 5.83. The Kier molecular flexibility index (Phi) is 4.56. The predicted molar refractivity (Wildman–Crippen MR) is 104 cm³/mol. The minimum absolute atomic E-state index is 0.137. The number of pyridine rings is 1. The van der Waals surface area contributed by atoms with Crippen LogP contribution in [0.15, 0.2) is 35.5 Å². The summed E-state index contributed by atoms with van der Waals surface area (Å²) in [5.74, 6) is 0.0892. The largest absolute Gasteiger partial charge is 0.300 e. The molecule has 0 saturated carbocycles. The molecule has 3 aromatic heterocycles. The van der Waals surface area contributed by atoms with Crippen molar-refractivity contribution < 1.29 is 4.79 Å². The molecule has 0 bridgehead atoms. The molecule has 1 N–H and O–H groups in total. The Morgan fingerprint density at radius 1 is 1.23 bits per heavy atom. The van der Waals surface area contributed by atoms with Crippen molar-refractivity contribution in [2.24, 2.45) is 0 Å². The van der Waals surface area contributed by atoms with Crippen molar-refractivity contribution in [2.45, 2.75) is 25.4 Å². The van der Waals surface area contributed by atoms with Crippen LogP contribution in [0.5, 0.6) is 0 Å². The molecular weight excluding hydrogens is 368 g/mol. The van der Waals surface area contributed by atoms with E-state index in [1.165, 1.54) is 23.1 Å². The van der Waals surface area contributed by atoms with Crippen LogP contribution in [0.1, 0.15) is 17.5 Å². The third-order valence-electron chi connectivity index (χ3n) is 3.92. The highest BCUT2D eigenvalue weighted by molar-refractivity contribution is 7.99. The highest BCUT2D eigenvalue weighted by Gasteiger charge is 2.14. The number of nitrogens with zero attached hydrogens (tertiary/aromatic N) is 5. The van der Waals surface area contributed by atoms with E-state index in [-0.39, 0.29) is 11.7 Å². The van der Waals surface area contributed by atoms with E-state index in [1.54, 1.807) is 0 Å². The van der Waals surface area contributed by atoms with Crippen LogP contribution in [0.2, 0.25) is 0 Å². The molecule has 1 amide bonds. The van der Waals surface area contributed by atoms with Crippen LogP contribution >= 0.6 is 23.1 Å². The van der Waals surface area contributed by atoms with Gasteiger partial charge in [0.05, 0.1) is 11.3 Å². The zero-order chi connectivity index (χ0) is 18.1. The Hall–Kier alpha value is -2.52. The van der Waals surface area contributed by atoms with E-state index in [1.807, 2.05) is 35.6 Å². The molecule has 26 heavy (non-hydrogen) atoms. The Balaban J connectivity index is 1.56. The number of hydrogen-bond acceptors (Lipinski definition) is 7. The maximum absolute atomic E-state index is 12.2. The van der Waals surface area contributed by atoms with Gasteiger partial charge in [0, 0.05) is 5.39 Å². The summed E-state index contributed by atoms with van der Waals surface area (Å²) in [6.07, 6.45) is 0.806. The number of rotatable bonds is 5. The molecule has 0 unspecified atom stereocenters. The van der Waals surface area contributed by atoms with Crippen molar-refractivity contribution in [3.05, 3.63) is 40.9 Å². The third kappa shape index (κ3) is 3.15. The van der Waals surface area contributed by atoms with E-state index in [0.717, 1.165) is 33.5 Å². The second kappa shape index (κ2) is 7.00. The molecule has 0 saturated heterocycles. The highest BCUT2D eigenvalue weighted by Crippen LogP contribution is 2.26. The van der Waals surface area contributed by atoms with E-state index in [9.17, 15) is 4.79 Å². The summed E-state index contributed by atoms with van der Waals surface area (Å²) in [5, 5.41) is 22.5. The molecule has 0 fully saturated rings. The molecule has 0 aliphatic carbocycles. The van der Waals surface area contributed by atoms with E-state index < -0.39 is 0 Å². The number of anilines is 1. The van der Waals surface area contributed by atoms with Crippen molar-refractivity contribution in [2.75, 3.05) is 11.1 Å². The van der Waals surface area contributed by atoms with Gasteiger partial charge in [-0.1, -0.05) is 48.2 Å². The molecule has 0 atom stereocenters. The van der Waals surface area contributed by atoms with Crippen molar-refractivity contribution in [3.63, 3.8) is 0 Å². The number of aryl methyl sites for hydroxylation is 2. The van der Waals surface area contributed by atoms with Crippen LogP contribution in [0.25, 0.3) is 16.6 Å². The lowest BCUT2D eigenvalue weighted by atomic mass is 10.1. The summed E-state index contributed by atoms with van der Waals surface area (Å²) < 4.78 is 1.99. The first-order valence-electron chi connectivity index (χ1n) is 8.14. The van der Waals surface area contributed by atoms with Gasteiger partial charge in [0.15, 0.2) is 10.8 Å². The number of carbonyl (C=O) groups excluding carboxylic acids is 1. The minimum Gasteiger partial charge on any atom is -0.300 e. The van der Waals surface area contributed by atoms with Crippen molar-refractivity contribution >= 4 is 50.7 Å². The molecule has 0 aliphatic heterocycles. The van der Waals surface area contributed by atoms with Crippen molar-refractivity contribution in [3.8, 4) is 0 Å². The normalized spacial score (nSPS) is 11.3. The summed E-state index contributed by atoms with van der Waals surface area (Å²) in [6, 6.07) is 10.1. The van der Waals surface area contributed by atoms with Crippen LogP contribution < -0.4 is 5.32 Å². The monoisotopic (exact) mass is 384 g/mol. The maximum Gasteiger partial charge on any atom is 0.236 e. The Bertz CT molecular complexity index is 1100. The number of para-hydroxylation sites is 1. The van der Waals surface area contributed by atoms with E-state index in [0.29, 0.717) is 10.3 Å². The number of fused-ring (bicyclic) bond motifs is 3. The van der Waals surface area contributed by atoms with Gasteiger partial charge in [-0.15, -0.1) is 20.4 Å². The lowest BCUT2D eigenvalue weighted by Gasteiger charge is -2.07. The van der Waals surface area contributed by atoms with Crippen molar-refractivity contribution in [1.82, 2.24) is 24.8 Å². The molecule has 132 valence electrons. The number of thioether (sulfide) groups is 1. The molecule has 0 radical (unpaired) electrons. The fourth-order valence-corrected chi connectivity index (χ4v) is 4.15. The van der Waals surface area contributed by atoms with E-state index in [2.05, 4.69) is 38.7 Å². The quantitative estimate of drug-likeness (QED) is 0.531. The zero-order valence-electron chi connectivity index (χ0n) is 14.3. The Morgan fingerprint density at radius 3 is 2.88 bits per heavy atom. The highest BCUT2D eigenvalue weighted by atomic mass is 32.2. The Labute approximate surface area is 157 Å². The van der Waals surface area contributed by atoms with Crippen LogP contribution in [0, 0.1) is 6.92 Å². The summed E-state index contributed by atoms with van der Waals surface area (Å²) in [5.41, 5.74) is 2.96. The Morgan fingerprint density at radius 2 is 2.08 bits per heavy atom. The fraction of sp³-hybridized carbons (Fsp3) is 0.235. The number of aromatic nitrogens is 5. The molecule has 0 aliphatic rings. The van der Waals surface area contributed by atoms with Gasteiger partial charge >= 0.3 is 0 Å². The summed E-state index contributed by atoms with van der Waals surface area (Å²) >= 11 is 2.74. The SMILES string of the molecule is CCc1nnc(NC(=O)CSc2nnc3cc(C)c4ccccc4n23)s1. The van der Waals surface area contributed by atoms with Gasteiger partial charge in [-0.2, -0.15) is 0 Å². The molecule has 7 nitrogen and oxygen atoms in total. The topological polar surface area (TPSA) is 85.1 Å². The second-order valence-electron chi connectivity index (χ2n) is 5.71. The van der Waals surface area contributed by atoms with Gasteiger partial charge in [0.25, 0.3) is 0 Å². The number of amides is 1. The van der Waals surface area contributed by atoms with Gasteiger partial charge in [-0.05, 0) is 31.0 Å². The number of nitrogens with one attached hydrogen (secondary N) is 1. The van der Waals surface area contributed by atoms with Crippen LogP contribution in [-0.2, 0) is 11.2 Å². The summed E-state index contributed by atoms with van der Waals surface area (Å²) in [6.45, 7) is 4.06. The van der Waals surface area contributed by atoms with Gasteiger partial charge in [0.2, 0.25) is 11.0 Å². The van der Waals surface area contributed by atoms with E-state index >= 15 is 0 Å². The standard InChI is InChI=1S/C17H16N6OS2/c1-3-15-20-21-16(26-15)18-14(24)9-25-17-22-19-13-8-10(2)11-6-4-5-7-12(11)23(13)17/h4-8H,3,9H2,1-2H3,(H,18,21,24). The smallest absolute Gasteiger partial charge is 0.236 e. The zero-order valence-corrected chi connectivity index (χ0v) is 15.9. The first-order chi connectivity index (χ1) is 12.7. The molecular formula is C17H16N6OS2. The van der Waals surface area contributed by atoms with Crippen LogP contribution in [0.4, 0.5) is 5.13 Å². The average Bonchev–Trinajstić information content (AvgIpc) is 3.27. The van der Waals surface area contributed by atoms with Crippen LogP contribution in [-0.4, -0.2) is 36.5 Å². The molecule has 3 heterocycles. The minimum atomic E-state index is -0.137. The second-order valence-corrected chi connectivity index (χ2v) is 7.72. The van der Waals surface area contributed by atoms with Gasteiger partial charge in [0.1, 0.15) is 5.01 Å². The first kappa shape index (κ1) is 16.9. The predicted octanol–water partition coefficient (Wildman–Crippen LogP) is 3.34. The maximum atomic E-state index is 12.2. The lowest BCUT2D eigenvalue weighted by Crippen LogP contribution is -2.14. The number of hydrogen-bond donors (Lipinski definition) is 1. The first-order valence-corrected chi connectivity index (χ1v) is 9.94. The molecule has 0 spiro atoms. The van der Waals surface area contributed by atoms with E-state index in [4.69, 9.17) is 0 Å². The molecule has 4 rings (SSSR count). The lowest BCUT2D eigenvalue weighted by molar-refractivity contribution is -0.113. The fourth-order valence-electron chi connectivity index (χ4n) is 2.70. The summed E-state index contributed by atoms with van der Waals surface area (Å²) in [4.78, 5) is 12.2. The van der Waals surface area contributed by atoms with Gasteiger partial charge in [-0.3, -0.25) is 14.5 Å². The number of benzene rings is 1. The summed E-state index contributed by atoms with van der Waals surface area (Å²) in [7, 11) is 0.